The Bertz CT molecular complexity index is 836. The number of anilines is 1. The molecule has 0 radical (unpaired) electrons. The van der Waals surface area contributed by atoms with Crippen molar-refractivity contribution in [2.45, 2.75) is 24.2 Å². The molecule has 3 amide bonds. The second kappa shape index (κ2) is 10.7. The molecule has 1 fully saturated rings. The third-order valence-electron chi connectivity index (χ3n) is 4.44. The van der Waals surface area contributed by atoms with Crippen molar-refractivity contribution in [1.82, 2.24) is 10.6 Å². The van der Waals surface area contributed by atoms with Gasteiger partial charge in [0.05, 0.1) is 0 Å². The molecule has 1 aliphatic rings. The maximum atomic E-state index is 12.2. The van der Waals surface area contributed by atoms with Gasteiger partial charge >= 0.3 is 0 Å². The summed E-state index contributed by atoms with van der Waals surface area (Å²) in [4.78, 5) is 36.9. The molecule has 0 spiro atoms. The van der Waals surface area contributed by atoms with Crippen molar-refractivity contribution in [3.8, 4) is 0 Å². The fourth-order valence-electron chi connectivity index (χ4n) is 2.64. The maximum absolute atomic E-state index is 12.2. The quantitative estimate of drug-likeness (QED) is 0.414. The summed E-state index contributed by atoms with van der Waals surface area (Å²) in [5.41, 5.74) is 1.21. The van der Waals surface area contributed by atoms with Crippen LogP contribution in [-0.4, -0.2) is 36.6 Å². The van der Waals surface area contributed by atoms with Crippen molar-refractivity contribution in [2.24, 2.45) is 5.92 Å². The van der Waals surface area contributed by atoms with E-state index >= 15 is 0 Å². The highest BCUT2D eigenvalue weighted by Crippen LogP contribution is 2.30. The molecule has 0 unspecified atom stereocenters. The summed E-state index contributed by atoms with van der Waals surface area (Å²) in [6.07, 6.45) is 2.34. The smallest absolute Gasteiger partial charge is 0.251 e. The SMILES string of the molecule is O=C(CCSc1ccccc1)NCCNC(=O)c1ccc(NC(=O)C2CC2)cc1. The number of amides is 3. The van der Waals surface area contributed by atoms with Gasteiger partial charge in [0.15, 0.2) is 0 Å². The molecule has 7 heteroatoms. The summed E-state index contributed by atoms with van der Waals surface area (Å²) in [6, 6.07) is 16.8. The fraction of sp³-hybridized carbons (Fsp3) is 0.318. The predicted octanol–water partition coefficient (Wildman–Crippen LogP) is 3.06. The minimum Gasteiger partial charge on any atom is -0.354 e. The van der Waals surface area contributed by atoms with Gasteiger partial charge in [-0.3, -0.25) is 14.4 Å². The number of thioether (sulfide) groups is 1. The van der Waals surface area contributed by atoms with Crippen LogP contribution in [0.3, 0.4) is 0 Å². The molecule has 0 aromatic heterocycles. The van der Waals surface area contributed by atoms with Crippen LogP contribution in [0.15, 0.2) is 59.5 Å². The van der Waals surface area contributed by atoms with Crippen molar-refractivity contribution in [3.05, 3.63) is 60.2 Å². The van der Waals surface area contributed by atoms with Gasteiger partial charge in [0.1, 0.15) is 0 Å². The predicted molar refractivity (Wildman–Crippen MR) is 115 cm³/mol. The zero-order valence-corrected chi connectivity index (χ0v) is 17.0. The van der Waals surface area contributed by atoms with Gasteiger partial charge in [-0.05, 0) is 49.2 Å². The summed E-state index contributed by atoms with van der Waals surface area (Å²) in [7, 11) is 0. The molecule has 152 valence electrons. The Kier molecular flexibility index (Phi) is 7.69. The molecule has 2 aromatic carbocycles. The fourth-order valence-corrected chi connectivity index (χ4v) is 3.51. The normalized spacial score (nSPS) is 12.8. The summed E-state index contributed by atoms with van der Waals surface area (Å²) < 4.78 is 0. The molecule has 0 heterocycles. The van der Waals surface area contributed by atoms with E-state index in [4.69, 9.17) is 0 Å². The Morgan fingerprint density at radius 2 is 1.59 bits per heavy atom. The number of nitrogens with one attached hydrogen (secondary N) is 3. The third-order valence-corrected chi connectivity index (χ3v) is 5.45. The number of benzene rings is 2. The summed E-state index contributed by atoms with van der Waals surface area (Å²) >= 11 is 1.64. The van der Waals surface area contributed by atoms with Gasteiger partial charge in [-0.25, -0.2) is 0 Å². The minimum atomic E-state index is -0.209. The van der Waals surface area contributed by atoms with E-state index in [1.807, 2.05) is 30.3 Å². The first kappa shape index (κ1) is 20.9. The van der Waals surface area contributed by atoms with Crippen LogP contribution in [0, 0.1) is 5.92 Å². The highest BCUT2D eigenvalue weighted by Gasteiger charge is 2.29. The van der Waals surface area contributed by atoms with Crippen LogP contribution >= 0.6 is 11.8 Å². The molecule has 0 saturated heterocycles. The third kappa shape index (κ3) is 7.27. The summed E-state index contributed by atoms with van der Waals surface area (Å²) in [5.74, 6) is 0.661. The first-order valence-electron chi connectivity index (χ1n) is 9.75. The number of rotatable bonds is 10. The molecule has 6 nitrogen and oxygen atoms in total. The van der Waals surface area contributed by atoms with Gasteiger partial charge in [-0.1, -0.05) is 18.2 Å². The zero-order chi connectivity index (χ0) is 20.5. The van der Waals surface area contributed by atoms with E-state index in [0.717, 1.165) is 17.7 Å². The van der Waals surface area contributed by atoms with Gasteiger partial charge in [0, 0.05) is 47.3 Å². The summed E-state index contributed by atoms with van der Waals surface area (Å²) in [5, 5.41) is 8.43. The Balaban J connectivity index is 1.29. The van der Waals surface area contributed by atoms with Crippen LogP contribution in [0.1, 0.15) is 29.6 Å². The first-order chi connectivity index (χ1) is 14.1. The number of hydrogen-bond acceptors (Lipinski definition) is 4. The van der Waals surface area contributed by atoms with Gasteiger partial charge in [-0.15, -0.1) is 11.8 Å². The molecular weight excluding hydrogens is 386 g/mol. The van der Waals surface area contributed by atoms with Gasteiger partial charge in [0.2, 0.25) is 11.8 Å². The molecular formula is C22H25N3O3S. The number of carbonyl (C=O) groups is 3. The lowest BCUT2D eigenvalue weighted by Crippen LogP contribution is -2.34. The zero-order valence-electron chi connectivity index (χ0n) is 16.1. The average Bonchev–Trinajstić information content (AvgIpc) is 3.58. The molecule has 0 aliphatic heterocycles. The Morgan fingerprint density at radius 3 is 2.28 bits per heavy atom. The largest absolute Gasteiger partial charge is 0.354 e. The highest BCUT2D eigenvalue weighted by molar-refractivity contribution is 7.99. The standard InChI is InChI=1S/C22H25N3O3S/c26-20(12-15-29-19-4-2-1-3-5-19)23-13-14-24-21(27)16-8-10-18(11-9-16)25-22(28)17-6-7-17/h1-5,8-11,17H,6-7,12-15H2,(H,23,26)(H,24,27)(H,25,28). The molecule has 1 saturated carbocycles. The van der Waals surface area contributed by atoms with E-state index in [9.17, 15) is 14.4 Å². The lowest BCUT2D eigenvalue weighted by atomic mass is 10.2. The summed E-state index contributed by atoms with van der Waals surface area (Å²) in [6.45, 7) is 0.743. The van der Waals surface area contributed by atoms with Crippen LogP contribution in [0.4, 0.5) is 5.69 Å². The van der Waals surface area contributed by atoms with Crippen molar-refractivity contribution < 1.29 is 14.4 Å². The maximum Gasteiger partial charge on any atom is 0.251 e. The first-order valence-corrected chi connectivity index (χ1v) is 10.7. The van der Waals surface area contributed by atoms with E-state index in [2.05, 4.69) is 16.0 Å². The van der Waals surface area contributed by atoms with Crippen LogP contribution < -0.4 is 16.0 Å². The lowest BCUT2D eigenvalue weighted by Gasteiger charge is -2.08. The average molecular weight is 412 g/mol. The van der Waals surface area contributed by atoms with Gasteiger partial charge in [-0.2, -0.15) is 0 Å². The second-order valence-electron chi connectivity index (χ2n) is 6.86. The molecule has 0 atom stereocenters. The van der Waals surface area contributed by atoms with Crippen molar-refractivity contribution >= 4 is 35.2 Å². The van der Waals surface area contributed by atoms with Crippen LogP contribution in [0.25, 0.3) is 0 Å². The van der Waals surface area contributed by atoms with E-state index in [0.29, 0.717) is 36.5 Å². The Morgan fingerprint density at radius 1 is 0.897 bits per heavy atom. The molecule has 2 aromatic rings. The monoisotopic (exact) mass is 411 g/mol. The van der Waals surface area contributed by atoms with Crippen LogP contribution in [-0.2, 0) is 9.59 Å². The molecule has 0 bridgehead atoms. The van der Waals surface area contributed by atoms with Crippen molar-refractivity contribution in [3.63, 3.8) is 0 Å². The molecule has 29 heavy (non-hydrogen) atoms. The lowest BCUT2D eigenvalue weighted by molar-refractivity contribution is -0.120. The molecule has 3 rings (SSSR count). The van der Waals surface area contributed by atoms with E-state index < -0.39 is 0 Å². The van der Waals surface area contributed by atoms with Crippen molar-refractivity contribution in [1.29, 1.82) is 0 Å². The van der Waals surface area contributed by atoms with E-state index in [1.165, 1.54) is 0 Å². The minimum absolute atomic E-state index is 0.0292. The Labute approximate surface area is 174 Å². The molecule has 1 aliphatic carbocycles. The van der Waals surface area contributed by atoms with Gasteiger partial charge < -0.3 is 16.0 Å². The second-order valence-corrected chi connectivity index (χ2v) is 8.03. The van der Waals surface area contributed by atoms with Crippen LogP contribution in [0.5, 0.6) is 0 Å². The number of hydrogen-bond donors (Lipinski definition) is 3. The van der Waals surface area contributed by atoms with Crippen molar-refractivity contribution in [2.75, 3.05) is 24.2 Å². The van der Waals surface area contributed by atoms with E-state index in [1.54, 1.807) is 36.0 Å². The highest BCUT2D eigenvalue weighted by atomic mass is 32.2. The van der Waals surface area contributed by atoms with Crippen LogP contribution in [0.2, 0.25) is 0 Å². The Hall–Kier alpha value is -2.80. The van der Waals surface area contributed by atoms with Gasteiger partial charge in [0.25, 0.3) is 5.91 Å². The number of carbonyl (C=O) groups excluding carboxylic acids is 3. The molecule has 3 N–H and O–H groups in total. The topological polar surface area (TPSA) is 87.3 Å². The van der Waals surface area contributed by atoms with E-state index in [-0.39, 0.29) is 23.6 Å².